The highest BCUT2D eigenvalue weighted by molar-refractivity contribution is 6.32. The molecule has 2 saturated heterocycles. The highest BCUT2D eigenvalue weighted by Gasteiger charge is 2.59. The number of halogens is 1. The number of likely N-dealkylation sites (tertiary alicyclic amines) is 1. The number of fused-ring (bicyclic) bond motifs is 3. The van der Waals surface area contributed by atoms with Crippen molar-refractivity contribution in [2.75, 3.05) is 20.3 Å². The molecule has 3 amide bonds. The number of allylic oxidation sites excluding steroid dienone is 1. The molecule has 1 aliphatic carbocycles. The van der Waals surface area contributed by atoms with E-state index in [0.717, 1.165) is 36.7 Å². The Labute approximate surface area is 238 Å². The average molecular weight is 566 g/mol. The SMILES string of the molecule is CC/C(=C\c1ccc(O)cc1Cl)CC[C@H]1OC[C@H]2C1=C(COc1ccccc1)C[C@H]1C(=O)N(C(=O)OC)C(=O)[C@H]12. The zero-order valence-electron chi connectivity index (χ0n) is 22.5. The first-order chi connectivity index (χ1) is 19.3. The highest BCUT2D eigenvalue weighted by Crippen LogP contribution is 2.50. The number of aromatic hydroxyl groups is 1. The van der Waals surface area contributed by atoms with Crippen LogP contribution in [0.4, 0.5) is 4.79 Å². The lowest BCUT2D eigenvalue weighted by Gasteiger charge is -2.31. The normalized spacial score (nSPS) is 24.3. The van der Waals surface area contributed by atoms with Crippen molar-refractivity contribution in [2.45, 2.75) is 38.7 Å². The quantitative estimate of drug-likeness (QED) is 0.320. The number of phenolic OH excluding ortho intramolecular Hbond substituents is 1. The molecule has 40 heavy (non-hydrogen) atoms. The molecule has 9 heteroatoms. The fourth-order valence-corrected chi connectivity index (χ4v) is 6.31. The first-order valence-corrected chi connectivity index (χ1v) is 13.8. The number of amides is 3. The molecular formula is C31H32ClNO7. The monoisotopic (exact) mass is 565 g/mol. The van der Waals surface area contributed by atoms with E-state index in [2.05, 4.69) is 6.92 Å². The fraction of sp³-hybridized carbons (Fsp3) is 0.387. The molecule has 0 spiro atoms. The molecule has 5 rings (SSSR count). The van der Waals surface area contributed by atoms with Crippen molar-refractivity contribution in [1.82, 2.24) is 4.90 Å². The first kappa shape index (κ1) is 27.9. The zero-order valence-corrected chi connectivity index (χ0v) is 23.2. The summed E-state index contributed by atoms with van der Waals surface area (Å²) in [5.41, 5.74) is 3.94. The van der Waals surface area contributed by atoms with E-state index in [4.69, 9.17) is 25.8 Å². The van der Waals surface area contributed by atoms with Gasteiger partial charge < -0.3 is 19.3 Å². The van der Waals surface area contributed by atoms with Gasteiger partial charge in [-0.05, 0) is 72.7 Å². The molecule has 0 bridgehead atoms. The first-order valence-electron chi connectivity index (χ1n) is 13.5. The number of carbonyl (C=O) groups excluding carboxylic acids is 3. The van der Waals surface area contributed by atoms with Gasteiger partial charge in [0, 0.05) is 5.92 Å². The number of ether oxygens (including phenoxy) is 3. The van der Waals surface area contributed by atoms with E-state index in [1.807, 2.05) is 36.4 Å². The van der Waals surface area contributed by atoms with Crippen LogP contribution in [-0.2, 0) is 19.1 Å². The molecule has 1 N–H and O–H groups in total. The van der Waals surface area contributed by atoms with Crippen molar-refractivity contribution in [3.8, 4) is 11.5 Å². The van der Waals surface area contributed by atoms with E-state index >= 15 is 0 Å². The lowest BCUT2D eigenvalue weighted by atomic mass is 9.69. The smallest absolute Gasteiger partial charge is 0.423 e. The third kappa shape index (κ3) is 5.38. The second-order valence-electron chi connectivity index (χ2n) is 10.3. The molecule has 8 nitrogen and oxygen atoms in total. The van der Waals surface area contributed by atoms with E-state index in [1.165, 1.54) is 11.6 Å². The van der Waals surface area contributed by atoms with Crippen molar-refractivity contribution < 1.29 is 33.7 Å². The highest BCUT2D eigenvalue weighted by atomic mass is 35.5. The number of benzene rings is 2. The molecule has 2 aromatic rings. The largest absolute Gasteiger partial charge is 0.508 e. The molecule has 210 valence electrons. The summed E-state index contributed by atoms with van der Waals surface area (Å²) in [6.07, 6.45) is 3.37. The van der Waals surface area contributed by atoms with Gasteiger partial charge >= 0.3 is 6.09 Å². The Morgan fingerprint density at radius 1 is 1.15 bits per heavy atom. The van der Waals surface area contributed by atoms with Gasteiger partial charge in [-0.25, -0.2) is 4.79 Å². The number of carbonyl (C=O) groups is 3. The maximum atomic E-state index is 13.3. The Balaban J connectivity index is 1.41. The van der Waals surface area contributed by atoms with Gasteiger partial charge in [0.25, 0.3) is 0 Å². The van der Waals surface area contributed by atoms with Gasteiger partial charge in [0.1, 0.15) is 18.1 Å². The standard InChI is InChI=1S/C31H32ClNO7/c1-3-18(13-19-10-11-21(34)15-25(19)32)9-12-26-27-20(16-39-22-7-5-4-6-8-22)14-23-28(24(27)17-40-26)30(36)33(29(23)35)31(37)38-2/h4-8,10-11,13,15,23-24,26,28,34H,3,9,12,14,16-17H2,1-2H3/b18-13+/t23-,24+,26-,28-/m1/s1. The third-order valence-corrected chi connectivity index (χ3v) is 8.37. The second-order valence-corrected chi connectivity index (χ2v) is 10.7. The summed E-state index contributed by atoms with van der Waals surface area (Å²) >= 11 is 6.33. The summed E-state index contributed by atoms with van der Waals surface area (Å²) in [7, 11) is 1.16. The van der Waals surface area contributed by atoms with Crippen LogP contribution < -0.4 is 4.74 Å². The molecule has 2 aliphatic heterocycles. The van der Waals surface area contributed by atoms with Gasteiger partial charge in [0.2, 0.25) is 11.8 Å². The van der Waals surface area contributed by atoms with Crippen molar-refractivity contribution in [3.63, 3.8) is 0 Å². The van der Waals surface area contributed by atoms with Gasteiger partial charge in [-0.3, -0.25) is 9.59 Å². The van der Waals surface area contributed by atoms with Crippen LogP contribution in [-0.4, -0.2) is 54.3 Å². The lowest BCUT2D eigenvalue weighted by molar-refractivity contribution is -0.137. The van der Waals surface area contributed by atoms with Crippen LogP contribution >= 0.6 is 11.6 Å². The van der Waals surface area contributed by atoms with Crippen LogP contribution in [0.15, 0.2) is 65.3 Å². The van der Waals surface area contributed by atoms with E-state index in [1.54, 1.807) is 12.1 Å². The summed E-state index contributed by atoms with van der Waals surface area (Å²) in [5, 5.41) is 10.2. The van der Waals surface area contributed by atoms with Crippen LogP contribution in [0.5, 0.6) is 11.5 Å². The van der Waals surface area contributed by atoms with Crippen LogP contribution in [0.2, 0.25) is 5.02 Å². The Bertz CT molecular complexity index is 1370. The number of para-hydroxylation sites is 1. The average Bonchev–Trinajstić information content (AvgIpc) is 3.49. The summed E-state index contributed by atoms with van der Waals surface area (Å²) in [5.74, 6) is -1.86. The molecule has 2 fully saturated rings. The zero-order chi connectivity index (χ0) is 28.4. The predicted octanol–water partition coefficient (Wildman–Crippen LogP) is 5.78. The second kappa shape index (κ2) is 11.9. The molecule has 0 aromatic heterocycles. The van der Waals surface area contributed by atoms with E-state index in [-0.39, 0.29) is 24.4 Å². The van der Waals surface area contributed by atoms with E-state index in [0.29, 0.717) is 35.1 Å². The maximum Gasteiger partial charge on any atom is 0.423 e. The molecular weight excluding hydrogens is 534 g/mol. The van der Waals surface area contributed by atoms with Gasteiger partial charge in [-0.2, -0.15) is 4.90 Å². The van der Waals surface area contributed by atoms with Crippen molar-refractivity contribution >= 4 is 35.6 Å². The predicted molar refractivity (Wildman–Crippen MR) is 149 cm³/mol. The van der Waals surface area contributed by atoms with Crippen molar-refractivity contribution in [2.24, 2.45) is 17.8 Å². The van der Waals surface area contributed by atoms with Crippen LogP contribution in [0.1, 0.15) is 38.2 Å². The lowest BCUT2D eigenvalue weighted by Crippen LogP contribution is -2.38. The Hall–Kier alpha value is -3.62. The number of imide groups is 3. The minimum Gasteiger partial charge on any atom is -0.508 e. The molecule has 4 atom stereocenters. The van der Waals surface area contributed by atoms with Crippen molar-refractivity contribution in [3.05, 3.63) is 75.8 Å². The number of methoxy groups -OCH3 is 1. The minimum atomic E-state index is -0.950. The number of nitrogens with zero attached hydrogens (tertiary/aromatic N) is 1. The molecule has 0 radical (unpaired) electrons. The summed E-state index contributed by atoms with van der Waals surface area (Å²) in [6.45, 7) is 2.63. The fourth-order valence-electron chi connectivity index (χ4n) is 6.08. The van der Waals surface area contributed by atoms with Gasteiger partial charge in [0.15, 0.2) is 0 Å². The van der Waals surface area contributed by atoms with Gasteiger partial charge in [0.05, 0.1) is 36.7 Å². The topological polar surface area (TPSA) is 102 Å². The number of rotatable bonds is 8. The molecule has 2 heterocycles. The summed E-state index contributed by atoms with van der Waals surface area (Å²) in [4.78, 5) is 39.4. The minimum absolute atomic E-state index is 0.115. The van der Waals surface area contributed by atoms with Crippen LogP contribution in [0.25, 0.3) is 6.08 Å². The van der Waals surface area contributed by atoms with Gasteiger partial charge in [-0.1, -0.05) is 48.4 Å². The molecule has 0 unspecified atom stereocenters. The maximum absolute atomic E-state index is 13.3. The third-order valence-electron chi connectivity index (χ3n) is 8.05. The summed E-state index contributed by atoms with van der Waals surface area (Å²) < 4.78 is 17.1. The van der Waals surface area contributed by atoms with Crippen molar-refractivity contribution in [1.29, 1.82) is 0 Å². The molecule has 2 aromatic carbocycles. The Morgan fingerprint density at radius 2 is 1.93 bits per heavy atom. The Kier molecular flexibility index (Phi) is 8.28. The number of phenols is 1. The molecule has 0 saturated carbocycles. The van der Waals surface area contributed by atoms with Crippen LogP contribution in [0.3, 0.4) is 0 Å². The number of hydrogen-bond donors (Lipinski definition) is 1. The van der Waals surface area contributed by atoms with Crippen LogP contribution in [0, 0.1) is 17.8 Å². The summed E-state index contributed by atoms with van der Waals surface area (Å²) in [6, 6.07) is 14.3. The van der Waals surface area contributed by atoms with E-state index < -0.39 is 29.7 Å². The van der Waals surface area contributed by atoms with Gasteiger partial charge in [-0.15, -0.1) is 0 Å². The molecule has 3 aliphatic rings. The number of hydrogen-bond acceptors (Lipinski definition) is 7. The Morgan fingerprint density at radius 3 is 2.62 bits per heavy atom. The van der Waals surface area contributed by atoms with E-state index in [9.17, 15) is 19.5 Å².